The van der Waals surface area contributed by atoms with Crippen LogP contribution < -0.4 is 0 Å². The minimum absolute atomic E-state index is 0.493. The van der Waals surface area contributed by atoms with Gasteiger partial charge in [0.25, 0.3) is 0 Å². The summed E-state index contributed by atoms with van der Waals surface area (Å²) in [4.78, 5) is 0. The lowest BCUT2D eigenvalue weighted by molar-refractivity contribution is 0.123. The molecule has 0 aliphatic rings. The van der Waals surface area contributed by atoms with Gasteiger partial charge in [-0.25, -0.2) is 0 Å². The second kappa shape index (κ2) is 10.1. The van der Waals surface area contributed by atoms with Crippen LogP contribution in [0.25, 0.3) is 0 Å². The predicted molar refractivity (Wildman–Crippen MR) is 81.7 cm³/mol. The largest absolute Gasteiger partial charge is 0.500 e. The van der Waals surface area contributed by atoms with E-state index in [1.807, 2.05) is 0 Å². The summed E-state index contributed by atoms with van der Waals surface area (Å²) in [5, 5.41) is 0.493. The SMILES string of the molecule is CO[Si](CCCC(S)CCCI)(OC)OC. The van der Waals surface area contributed by atoms with Crippen molar-refractivity contribution in [2.75, 3.05) is 25.8 Å². The molecule has 3 nitrogen and oxygen atoms in total. The summed E-state index contributed by atoms with van der Waals surface area (Å²) < 4.78 is 17.3. The van der Waals surface area contributed by atoms with Gasteiger partial charge in [-0.1, -0.05) is 22.6 Å². The van der Waals surface area contributed by atoms with Gasteiger partial charge in [-0.3, -0.25) is 0 Å². The van der Waals surface area contributed by atoms with E-state index >= 15 is 0 Å². The Labute approximate surface area is 120 Å². The van der Waals surface area contributed by atoms with E-state index in [9.17, 15) is 0 Å². The molecule has 16 heavy (non-hydrogen) atoms. The van der Waals surface area contributed by atoms with Gasteiger partial charge >= 0.3 is 8.80 Å². The van der Waals surface area contributed by atoms with Gasteiger partial charge in [-0.2, -0.15) is 12.6 Å². The van der Waals surface area contributed by atoms with Gasteiger partial charge in [0.15, 0.2) is 0 Å². The maximum Gasteiger partial charge on any atom is 0.500 e. The molecule has 0 fully saturated rings. The minimum atomic E-state index is -2.35. The first-order valence-corrected chi connectivity index (χ1v) is 9.51. The summed E-state index contributed by atoms with van der Waals surface area (Å²) in [5.41, 5.74) is 0. The third-order valence-electron chi connectivity index (χ3n) is 2.62. The molecule has 0 spiro atoms. The molecule has 0 aliphatic carbocycles. The van der Waals surface area contributed by atoms with Gasteiger partial charge in [0, 0.05) is 32.6 Å². The minimum Gasteiger partial charge on any atom is -0.377 e. The first-order chi connectivity index (χ1) is 7.64. The van der Waals surface area contributed by atoms with Gasteiger partial charge in [-0.15, -0.1) is 0 Å². The number of thiol groups is 1. The molecule has 0 amide bonds. The molecule has 0 N–H and O–H groups in total. The van der Waals surface area contributed by atoms with Crippen LogP contribution in [0.15, 0.2) is 0 Å². The quantitative estimate of drug-likeness (QED) is 0.274. The van der Waals surface area contributed by atoms with Crippen LogP contribution in [0.3, 0.4) is 0 Å². The van der Waals surface area contributed by atoms with Gasteiger partial charge in [0.2, 0.25) is 0 Å². The maximum atomic E-state index is 5.37. The van der Waals surface area contributed by atoms with Crippen LogP contribution in [-0.4, -0.2) is 39.8 Å². The second-order valence-corrected chi connectivity index (χ2v) is 8.57. The summed E-state index contributed by atoms with van der Waals surface area (Å²) in [6.07, 6.45) is 4.59. The second-order valence-electron chi connectivity index (χ2n) is 3.67. The zero-order chi connectivity index (χ0) is 12.4. The topological polar surface area (TPSA) is 27.7 Å². The van der Waals surface area contributed by atoms with Crippen LogP contribution in [0.2, 0.25) is 6.04 Å². The van der Waals surface area contributed by atoms with Crippen molar-refractivity contribution in [1.82, 2.24) is 0 Å². The first kappa shape index (κ1) is 17.2. The van der Waals surface area contributed by atoms with Crippen molar-refractivity contribution in [3.05, 3.63) is 0 Å². The fourth-order valence-electron chi connectivity index (χ4n) is 1.57. The summed E-state index contributed by atoms with van der Waals surface area (Å²) in [6.45, 7) is 0. The highest BCUT2D eigenvalue weighted by molar-refractivity contribution is 14.1. The molecule has 0 bridgehead atoms. The van der Waals surface area contributed by atoms with E-state index in [1.165, 1.54) is 17.3 Å². The van der Waals surface area contributed by atoms with Crippen LogP contribution in [0.5, 0.6) is 0 Å². The Morgan fingerprint density at radius 1 is 1.06 bits per heavy atom. The molecule has 0 saturated carbocycles. The zero-order valence-electron chi connectivity index (χ0n) is 10.4. The smallest absolute Gasteiger partial charge is 0.377 e. The molecule has 0 aromatic carbocycles. The summed E-state index contributed by atoms with van der Waals surface area (Å²) in [5.74, 6) is 0. The fourth-order valence-corrected chi connectivity index (χ4v) is 4.12. The van der Waals surface area contributed by atoms with Crippen LogP contribution in [0.4, 0.5) is 0 Å². The van der Waals surface area contributed by atoms with E-state index < -0.39 is 8.80 Å². The Hall–Kier alpha value is 1.18. The van der Waals surface area contributed by atoms with Crippen molar-refractivity contribution in [1.29, 1.82) is 0 Å². The molecule has 1 atom stereocenters. The molecule has 0 aromatic heterocycles. The van der Waals surface area contributed by atoms with Gasteiger partial charge < -0.3 is 13.3 Å². The third kappa shape index (κ3) is 6.80. The van der Waals surface area contributed by atoms with Gasteiger partial charge in [0.05, 0.1) is 0 Å². The van der Waals surface area contributed by atoms with Crippen molar-refractivity contribution < 1.29 is 13.3 Å². The standard InChI is InChI=1S/C10H23IO3SSi/c1-12-16(13-2,14-3)9-5-7-10(15)6-4-8-11/h10,15H,4-9H2,1-3H3. The number of hydrogen-bond acceptors (Lipinski definition) is 4. The molecular formula is C10H23IO3SSi. The van der Waals surface area contributed by atoms with E-state index in [0.29, 0.717) is 5.25 Å². The van der Waals surface area contributed by atoms with Crippen LogP contribution in [0.1, 0.15) is 25.7 Å². The van der Waals surface area contributed by atoms with Crippen molar-refractivity contribution in [3.63, 3.8) is 0 Å². The van der Waals surface area contributed by atoms with Gasteiger partial charge in [0.1, 0.15) is 0 Å². The molecule has 0 saturated heterocycles. The van der Waals surface area contributed by atoms with E-state index in [4.69, 9.17) is 13.3 Å². The molecular weight excluding hydrogens is 355 g/mol. The highest BCUT2D eigenvalue weighted by Gasteiger charge is 2.36. The molecule has 0 aliphatic heterocycles. The molecule has 0 radical (unpaired) electrons. The number of hydrogen-bond donors (Lipinski definition) is 1. The fraction of sp³-hybridized carbons (Fsp3) is 1.00. The number of halogens is 1. The van der Waals surface area contributed by atoms with Crippen LogP contribution in [0, 0.1) is 0 Å². The van der Waals surface area contributed by atoms with Gasteiger partial charge in [-0.05, 0) is 30.1 Å². The van der Waals surface area contributed by atoms with Crippen LogP contribution >= 0.6 is 35.2 Å². The van der Waals surface area contributed by atoms with E-state index in [1.54, 1.807) is 21.3 Å². The first-order valence-electron chi connectivity index (χ1n) is 5.53. The van der Waals surface area contributed by atoms with Crippen molar-refractivity contribution in [3.8, 4) is 0 Å². The van der Waals surface area contributed by atoms with E-state index in [-0.39, 0.29) is 0 Å². The molecule has 0 rings (SSSR count). The molecule has 0 heterocycles. The highest BCUT2D eigenvalue weighted by atomic mass is 127. The molecule has 0 aromatic rings. The normalized spacial score (nSPS) is 14.1. The Kier molecular flexibility index (Phi) is 10.9. The summed E-state index contributed by atoms with van der Waals surface area (Å²) >= 11 is 6.97. The number of rotatable bonds is 10. The molecule has 98 valence electrons. The predicted octanol–water partition coefficient (Wildman–Crippen LogP) is 3.16. The van der Waals surface area contributed by atoms with Crippen molar-refractivity contribution in [2.45, 2.75) is 37.0 Å². The average Bonchev–Trinajstić information content (AvgIpc) is 2.33. The van der Waals surface area contributed by atoms with Crippen molar-refractivity contribution in [2.24, 2.45) is 0 Å². The molecule has 6 heteroatoms. The lowest BCUT2D eigenvalue weighted by atomic mass is 10.2. The Balaban J connectivity index is 3.77. The highest BCUT2D eigenvalue weighted by Crippen LogP contribution is 2.20. The lowest BCUT2D eigenvalue weighted by Gasteiger charge is -2.24. The average molecular weight is 378 g/mol. The van der Waals surface area contributed by atoms with Crippen LogP contribution in [-0.2, 0) is 13.3 Å². The summed E-state index contributed by atoms with van der Waals surface area (Å²) in [7, 11) is 2.63. The Morgan fingerprint density at radius 2 is 1.56 bits per heavy atom. The van der Waals surface area contributed by atoms with Crippen molar-refractivity contribution >= 4 is 44.0 Å². The maximum absolute atomic E-state index is 5.37. The lowest BCUT2D eigenvalue weighted by Crippen LogP contribution is -2.42. The monoisotopic (exact) mass is 378 g/mol. The van der Waals surface area contributed by atoms with E-state index in [0.717, 1.165) is 18.9 Å². The third-order valence-corrected chi connectivity index (χ3v) is 6.74. The Bertz CT molecular complexity index is 162. The zero-order valence-corrected chi connectivity index (χ0v) is 14.4. The summed E-state index contributed by atoms with van der Waals surface area (Å²) in [6, 6.07) is 0.873. The van der Waals surface area contributed by atoms with E-state index in [2.05, 4.69) is 35.2 Å². The molecule has 1 unspecified atom stereocenters. The Morgan fingerprint density at radius 3 is 2.00 bits per heavy atom. The number of alkyl halides is 1.